The number of rotatable bonds is 5. The minimum absolute atomic E-state index is 0.0170. The number of likely N-dealkylation sites (N-methyl/N-ethyl adjacent to an activating group) is 1. The molecule has 1 atom stereocenters. The fourth-order valence-electron chi connectivity index (χ4n) is 2.02. The highest BCUT2D eigenvalue weighted by Crippen LogP contribution is 2.04. The maximum atomic E-state index is 12.1. The number of ether oxygens (including phenoxy) is 1. The Morgan fingerprint density at radius 3 is 2.56 bits per heavy atom. The normalized spacial score (nSPS) is 18.2. The van der Waals surface area contributed by atoms with E-state index >= 15 is 0 Å². The molecule has 1 amide bonds. The van der Waals surface area contributed by atoms with Crippen LogP contribution in [-0.4, -0.2) is 74.1 Å². The van der Waals surface area contributed by atoms with E-state index in [1.165, 1.54) is 4.90 Å². The van der Waals surface area contributed by atoms with E-state index in [1.807, 2.05) is 6.92 Å². The van der Waals surface area contributed by atoms with Crippen LogP contribution in [0.3, 0.4) is 0 Å². The fourth-order valence-corrected chi connectivity index (χ4v) is 2.02. The second-order valence-corrected chi connectivity index (χ2v) is 4.46. The molecule has 0 aliphatic carbocycles. The highest BCUT2D eigenvalue weighted by molar-refractivity contribution is 5.85. The molecule has 1 rings (SSSR count). The molecule has 1 aliphatic heterocycles. The lowest BCUT2D eigenvalue weighted by Crippen LogP contribution is -2.53. The first-order valence-electron chi connectivity index (χ1n) is 6.41. The van der Waals surface area contributed by atoms with Gasteiger partial charge in [0, 0.05) is 33.2 Å². The summed E-state index contributed by atoms with van der Waals surface area (Å²) in [5, 5.41) is 3.25. The number of carbonyl (C=O) groups is 2. The number of nitrogens with one attached hydrogen (secondary N) is 1. The molecule has 6 heteroatoms. The molecule has 104 valence electrons. The minimum Gasteiger partial charge on any atom is -0.465 e. The van der Waals surface area contributed by atoms with Crippen LogP contribution in [0.25, 0.3) is 0 Å². The second-order valence-electron chi connectivity index (χ2n) is 4.46. The summed E-state index contributed by atoms with van der Waals surface area (Å²) in [4.78, 5) is 27.0. The quantitative estimate of drug-likeness (QED) is 0.660. The molecule has 1 unspecified atom stereocenters. The maximum Gasteiger partial charge on any atom is 0.325 e. The van der Waals surface area contributed by atoms with Crippen molar-refractivity contribution in [1.29, 1.82) is 0 Å². The van der Waals surface area contributed by atoms with Crippen molar-refractivity contribution in [2.45, 2.75) is 19.9 Å². The number of hydrogen-bond donors (Lipinski definition) is 1. The third kappa shape index (κ3) is 4.27. The van der Waals surface area contributed by atoms with E-state index in [4.69, 9.17) is 4.74 Å². The van der Waals surface area contributed by atoms with Crippen molar-refractivity contribution in [2.75, 3.05) is 46.4 Å². The van der Waals surface area contributed by atoms with Crippen molar-refractivity contribution in [3.8, 4) is 0 Å². The van der Waals surface area contributed by atoms with Gasteiger partial charge in [0.05, 0.1) is 12.6 Å². The molecule has 1 N–H and O–H groups in total. The van der Waals surface area contributed by atoms with Gasteiger partial charge in [-0.15, -0.1) is 0 Å². The molecule has 0 aromatic carbocycles. The topological polar surface area (TPSA) is 61.9 Å². The van der Waals surface area contributed by atoms with Crippen LogP contribution in [0.4, 0.5) is 0 Å². The number of nitrogens with zero attached hydrogens (tertiary/aromatic N) is 2. The Kier molecular flexibility index (Phi) is 6.07. The van der Waals surface area contributed by atoms with E-state index in [2.05, 4.69) is 10.2 Å². The highest BCUT2D eigenvalue weighted by Gasteiger charge is 2.26. The van der Waals surface area contributed by atoms with Crippen LogP contribution < -0.4 is 5.32 Å². The summed E-state index contributed by atoms with van der Waals surface area (Å²) in [6.45, 7) is 7.52. The van der Waals surface area contributed by atoms with Gasteiger partial charge < -0.3 is 15.0 Å². The SMILES string of the molecule is CCOC(=O)CN(C)C(=O)C(C)N1CCNCC1. The second kappa shape index (κ2) is 7.33. The Labute approximate surface area is 108 Å². The maximum absolute atomic E-state index is 12.1. The van der Waals surface area contributed by atoms with E-state index in [0.717, 1.165) is 26.2 Å². The van der Waals surface area contributed by atoms with Crippen molar-refractivity contribution in [3.63, 3.8) is 0 Å². The largest absolute Gasteiger partial charge is 0.465 e. The molecule has 0 bridgehead atoms. The lowest BCUT2D eigenvalue weighted by molar-refractivity contribution is -0.149. The number of piperazine rings is 1. The molecule has 18 heavy (non-hydrogen) atoms. The molecule has 0 aromatic heterocycles. The predicted octanol–water partition coefficient (Wildman–Crippen LogP) is -0.698. The molecule has 1 saturated heterocycles. The number of esters is 1. The summed E-state index contributed by atoms with van der Waals surface area (Å²) < 4.78 is 4.83. The summed E-state index contributed by atoms with van der Waals surface area (Å²) in [7, 11) is 1.64. The third-order valence-electron chi connectivity index (χ3n) is 3.10. The van der Waals surface area contributed by atoms with Gasteiger partial charge in [-0.3, -0.25) is 14.5 Å². The molecular weight excluding hydrogens is 234 g/mol. The van der Waals surface area contributed by atoms with Crippen LogP contribution in [0.1, 0.15) is 13.8 Å². The molecular formula is C12H23N3O3. The van der Waals surface area contributed by atoms with Crippen LogP contribution in [0.5, 0.6) is 0 Å². The average Bonchev–Trinajstić information content (AvgIpc) is 2.38. The molecule has 0 spiro atoms. The summed E-state index contributed by atoms with van der Waals surface area (Å²) in [5.74, 6) is -0.397. The fraction of sp³-hybridized carbons (Fsp3) is 0.833. The Balaban J connectivity index is 2.43. The third-order valence-corrected chi connectivity index (χ3v) is 3.10. The van der Waals surface area contributed by atoms with Gasteiger partial charge in [0.15, 0.2) is 0 Å². The van der Waals surface area contributed by atoms with Crippen LogP contribution in [0, 0.1) is 0 Å². The molecule has 6 nitrogen and oxygen atoms in total. The summed E-state index contributed by atoms with van der Waals surface area (Å²) in [5.41, 5.74) is 0. The van der Waals surface area contributed by atoms with Crippen molar-refractivity contribution >= 4 is 11.9 Å². The van der Waals surface area contributed by atoms with E-state index in [1.54, 1.807) is 14.0 Å². The van der Waals surface area contributed by atoms with Gasteiger partial charge in [0.25, 0.3) is 0 Å². The monoisotopic (exact) mass is 257 g/mol. The molecule has 1 heterocycles. The smallest absolute Gasteiger partial charge is 0.325 e. The van der Waals surface area contributed by atoms with E-state index in [0.29, 0.717) is 6.61 Å². The number of carbonyl (C=O) groups excluding carboxylic acids is 2. The first kappa shape index (κ1) is 14.9. The van der Waals surface area contributed by atoms with Gasteiger partial charge in [0.1, 0.15) is 6.54 Å². The summed E-state index contributed by atoms with van der Waals surface area (Å²) in [6.07, 6.45) is 0. The lowest BCUT2D eigenvalue weighted by Gasteiger charge is -2.33. The van der Waals surface area contributed by atoms with E-state index in [-0.39, 0.29) is 24.5 Å². The summed E-state index contributed by atoms with van der Waals surface area (Å²) in [6, 6.07) is -0.188. The standard InChI is InChI=1S/C12H23N3O3/c1-4-18-11(16)9-14(3)12(17)10(2)15-7-5-13-6-8-15/h10,13H,4-9H2,1-3H3. The Bertz CT molecular complexity index is 290. The zero-order chi connectivity index (χ0) is 13.5. The number of hydrogen-bond acceptors (Lipinski definition) is 5. The van der Waals surface area contributed by atoms with Crippen LogP contribution in [0.2, 0.25) is 0 Å². The van der Waals surface area contributed by atoms with Gasteiger partial charge in [0.2, 0.25) is 5.91 Å². The Morgan fingerprint density at radius 1 is 1.39 bits per heavy atom. The first-order valence-corrected chi connectivity index (χ1v) is 6.41. The number of amides is 1. The molecule has 0 radical (unpaired) electrons. The van der Waals surface area contributed by atoms with E-state index in [9.17, 15) is 9.59 Å². The van der Waals surface area contributed by atoms with Crippen molar-refractivity contribution < 1.29 is 14.3 Å². The molecule has 1 fully saturated rings. The Morgan fingerprint density at radius 2 is 2.00 bits per heavy atom. The lowest BCUT2D eigenvalue weighted by atomic mass is 10.2. The molecule has 0 aromatic rings. The molecule has 1 aliphatic rings. The van der Waals surface area contributed by atoms with Crippen LogP contribution in [0.15, 0.2) is 0 Å². The van der Waals surface area contributed by atoms with E-state index < -0.39 is 0 Å². The van der Waals surface area contributed by atoms with Crippen molar-refractivity contribution in [2.24, 2.45) is 0 Å². The van der Waals surface area contributed by atoms with Gasteiger partial charge >= 0.3 is 5.97 Å². The summed E-state index contributed by atoms with van der Waals surface area (Å²) >= 11 is 0. The molecule has 0 saturated carbocycles. The highest BCUT2D eigenvalue weighted by atomic mass is 16.5. The zero-order valence-corrected chi connectivity index (χ0v) is 11.4. The average molecular weight is 257 g/mol. The van der Waals surface area contributed by atoms with Crippen LogP contribution in [-0.2, 0) is 14.3 Å². The van der Waals surface area contributed by atoms with Gasteiger partial charge in [-0.25, -0.2) is 0 Å². The van der Waals surface area contributed by atoms with Crippen molar-refractivity contribution in [3.05, 3.63) is 0 Å². The van der Waals surface area contributed by atoms with Gasteiger partial charge in [-0.05, 0) is 13.8 Å². The van der Waals surface area contributed by atoms with Crippen LogP contribution >= 0.6 is 0 Å². The van der Waals surface area contributed by atoms with Gasteiger partial charge in [-0.2, -0.15) is 0 Å². The predicted molar refractivity (Wildman–Crippen MR) is 68.2 cm³/mol. The van der Waals surface area contributed by atoms with Crippen molar-refractivity contribution in [1.82, 2.24) is 15.1 Å². The first-order chi connectivity index (χ1) is 8.56. The Hall–Kier alpha value is -1.14. The van der Waals surface area contributed by atoms with Gasteiger partial charge in [-0.1, -0.05) is 0 Å². The zero-order valence-electron chi connectivity index (χ0n) is 11.4. The minimum atomic E-state index is -0.360.